The molecule has 1 amide bonds. The van der Waals surface area contributed by atoms with E-state index in [0.29, 0.717) is 50.8 Å². The van der Waals surface area contributed by atoms with Gasteiger partial charge < -0.3 is 28.7 Å². The number of carbonyl (C=O) groups excluding carboxylic acids is 3. The molecule has 1 aromatic heterocycles. The molecule has 0 radical (unpaired) electrons. The third kappa shape index (κ3) is 9.42. The summed E-state index contributed by atoms with van der Waals surface area (Å²) in [4.78, 5) is 42.6. The van der Waals surface area contributed by atoms with Crippen LogP contribution in [0.25, 0.3) is 0 Å². The number of rotatable bonds is 16. The first-order chi connectivity index (χ1) is 19.1. The SMILES string of the molecule is CCCC(C)(O[C@@H](C)C(=O)C(C)(CC)O[C@H](COc1nsnc1N1CCOCC1)CN(C(C)=O)C(C)(C)C)C(C)=O. The van der Waals surface area contributed by atoms with Gasteiger partial charge in [0.25, 0.3) is 5.88 Å². The van der Waals surface area contributed by atoms with Gasteiger partial charge >= 0.3 is 0 Å². The van der Waals surface area contributed by atoms with Crippen LogP contribution in [0.1, 0.15) is 88.5 Å². The highest BCUT2D eigenvalue weighted by Gasteiger charge is 2.43. The van der Waals surface area contributed by atoms with Gasteiger partial charge in [-0.3, -0.25) is 14.4 Å². The Morgan fingerprint density at radius 2 is 1.66 bits per heavy atom. The zero-order valence-corrected chi connectivity index (χ0v) is 27.4. The fraction of sp³-hybridized carbons (Fsp3) is 0.828. The van der Waals surface area contributed by atoms with E-state index in [9.17, 15) is 14.4 Å². The number of ether oxygens (including phenoxy) is 4. The molecule has 1 fully saturated rings. The van der Waals surface area contributed by atoms with Crippen molar-refractivity contribution in [1.82, 2.24) is 13.6 Å². The van der Waals surface area contributed by atoms with Gasteiger partial charge in [0.1, 0.15) is 30.0 Å². The molecule has 11 nitrogen and oxygen atoms in total. The van der Waals surface area contributed by atoms with Crippen molar-refractivity contribution < 1.29 is 33.3 Å². The lowest BCUT2D eigenvalue weighted by atomic mass is 9.91. The maximum atomic E-state index is 13.8. The average Bonchev–Trinajstić information content (AvgIpc) is 3.37. The van der Waals surface area contributed by atoms with Gasteiger partial charge in [-0.1, -0.05) is 20.3 Å². The highest BCUT2D eigenvalue weighted by atomic mass is 32.1. The third-order valence-corrected chi connectivity index (χ3v) is 8.14. The molecule has 41 heavy (non-hydrogen) atoms. The predicted molar refractivity (Wildman–Crippen MR) is 159 cm³/mol. The van der Waals surface area contributed by atoms with Crippen molar-refractivity contribution >= 4 is 35.0 Å². The summed E-state index contributed by atoms with van der Waals surface area (Å²) in [6.45, 7) is 20.6. The van der Waals surface area contributed by atoms with Gasteiger partial charge in [0, 0.05) is 25.6 Å². The summed E-state index contributed by atoms with van der Waals surface area (Å²) in [5.41, 5.74) is -2.81. The van der Waals surface area contributed by atoms with Crippen LogP contribution < -0.4 is 9.64 Å². The zero-order chi connectivity index (χ0) is 31.0. The topological polar surface area (TPSA) is 120 Å². The first-order valence-electron chi connectivity index (χ1n) is 14.5. The van der Waals surface area contributed by atoms with E-state index in [4.69, 9.17) is 18.9 Å². The molecule has 0 saturated carbocycles. The molecular formula is C29H50N4O7S. The zero-order valence-electron chi connectivity index (χ0n) is 26.6. The molecule has 4 atom stereocenters. The van der Waals surface area contributed by atoms with Crippen molar-refractivity contribution in [2.45, 2.75) is 117 Å². The van der Waals surface area contributed by atoms with Crippen LogP contribution in [0.2, 0.25) is 0 Å². The van der Waals surface area contributed by atoms with Crippen molar-refractivity contribution in [2.75, 3.05) is 44.4 Å². The van der Waals surface area contributed by atoms with Crippen LogP contribution >= 0.6 is 11.7 Å². The minimum Gasteiger partial charge on any atom is -0.472 e. The molecule has 0 aliphatic carbocycles. The number of anilines is 1. The van der Waals surface area contributed by atoms with E-state index in [0.717, 1.165) is 18.1 Å². The van der Waals surface area contributed by atoms with E-state index in [1.54, 1.807) is 25.7 Å². The minimum atomic E-state index is -1.26. The number of amides is 1. The third-order valence-electron chi connectivity index (χ3n) is 7.64. The number of hydrogen-bond acceptors (Lipinski definition) is 11. The largest absolute Gasteiger partial charge is 0.472 e. The highest BCUT2D eigenvalue weighted by Crippen LogP contribution is 2.30. The van der Waals surface area contributed by atoms with E-state index in [-0.39, 0.29) is 30.6 Å². The van der Waals surface area contributed by atoms with Gasteiger partial charge in [-0.05, 0) is 61.3 Å². The second-order valence-electron chi connectivity index (χ2n) is 12.1. The average molecular weight is 599 g/mol. The van der Waals surface area contributed by atoms with Gasteiger partial charge in [0.2, 0.25) is 11.7 Å². The van der Waals surface area contributed by atoms with Crippen LogP contribution in [0.3, 0.4) is 0 Å². The smallest absolute Gasteiger partial charge is 0.270 e. The Bertz CT molecular complexity index is 1020. The summed E-state index contributed by atoms with van der Waals surface area (Å²) in [5, 5.41) is 0. The fourth-order valence-electron chi connectivity index (χ4n) is 4.96. The number of morpholine rings is 1. The van der Waals surface area contributed by atoms with E-state index < -0.39 is 28.9 Å². The summed E-state index contributed by atoms with van der Waals surface area (Å²) in [6.07, 6.45) is 0.0427. The lowest BCUT2D eigenvalue weighted by Gasteiger charge is -2.40. The van der Waals surface area contributed by atoms with Crippen molar-refractivity contribution in [3.05, 3.63) is 0 Å². The molecule has 0 aromatic carbocycles. The maximum absolute atomic E-state index is 13.8. The summed E-state index contributed by atoms with van der Waals surface area (Å²) in [5.74, 6) is 0.511. The lowest BCUT2D eigenvalue weighted by Crippen LogP contribution is -2.54. The van der Waals surface area contributed by atoms with Crippen molar-refractivity contribution in [3.8, 4) is 5.88 Å². The molecule has 1 aliphatic heterocycles. The first-order valence-corrected chi connectivity index (χ1v) is 15.3. The summed E-state index contributed by atoms with van der Waals surface area (Å²) in [6, 6.07) is 0. The molecule has 2 heterocycles. The number of aromatic nitrogens is 2. The molecule has 1 aromatic rings. The van der Waals surface area contributed by atoms with Gasteiger partial charge in [-0.25, -0.2) is 0 Å². The van der Waals surface area contributed by atoms with E-state index in [1.807, 2.05) is 34.6 Å². The van der Waals surface area contributed by atoms with Crippen LogP contribution in [0.15, 0.2) is 0 Å². The fourth-order valence-corrected chi connectivity index (χ4v) is 5.48. The quantitative estimate of drug-likeness (QED) is 0.275. The Morgan fingerprint density at radius 3 is 2.17 bits per heavy atom. The number of hydrogen-bond donors (Lipinski definition) is 0. The van der Waals surface area contributed by atoms with E-state index in [2.05, 4.69) is 13.6 Å². The van der Waals surface area contributed by atoms with Crippen LogP contribution in [0, 0.1) is 0 Å². The Hall–Kier alpha value is -2.15. The maximum Gasteiger partial charge on any atom is 0.270 e. The predicted octanol–water partition coefficient (Wildman–Crippen LogP) is 4.08. The second-order valence-corrected chi connectivity index (χ2v) is 12.6. The highest BCUT2D eigenvalue weighted by molar-refractivity contribution is 6.99. The molecule has 1 saturated heterocycles. The molecule has 1 aliphatic rings. The van der Waals surface area contributed by atoms with Gasteiger partial charge in [-0.15, -0.1) is 4.37 Å². The van der Waals surface area contributed by atoms with Crippen molar-refractivity contribution in [1.29, 1.82) is 0 Å². The van der Waals surface area contributed by atoms with Crippen molar-refractivity contribution in [2.24, 2.45) is 0 Å². The Morgan fingerprint density at radius 1 is 1.02 bits per heavy atom. The molecule has 0 N–H and O–H groups in total. The van der Waals surface area contributed by atoms with E-state index >= 15 is 0 Å². The first kappa shape index (κ1) is 35.0. The number of Topliss-reactive ketones (excluding diaryl/α,β-unsaturated/α-hetero) is 2. The molecule has 0 bridgehead atoms. The molecule has 2 rings (SSSR count). The Kier molecular flexibility index (Phi) is 12.7. The van der Waals surface area contributed by atoms with Gasteiger partial charge in [0.05, 0.1) is 31.5 Å². The Labute approximate surface area is 249 Å². The molecule has 0 spiro atoms. The summed E-state index contributed by atoms with van der Waals surface area (Å²) in [7, 11) is 0. The van der Waals surface area contributed by atoms with Crippen LogP contribution in [0.5, 0.6) is 5.88 Å². The number of ketones is 2. The van der Waals surface area contributed by atoms with Crippen LogP contribution in [-0.2, 0) is 28.6 Å². The molecule has 234 valence electrons. The van der Waals surface area contributed by atoms with Gasteiger partial charge in [-0.2, -0.15) is 4.37 Å². The summed E-state index contributed by atoms with van der Waals surface area (Å²) < 4.78 is 33.0. The number of carbonyl (C=O) groups is 3. The number of nitrogens with zero attached hydrogens (tertiary/aromatic N) is 4. The Balaban J connectivity index is 2.31. The molecule has 12 heteroatoms. The lowest BCUT2D eigenvalue weighted by molar-refractivity contribution is -0.178. The summed E-state index contributed by atoms with van der Waals surface area (Å²) >= 11 is 1.06. The van der Waals surface area contributed by atoms with Crippen molar-refractivity contribution in [3.63, 3.8) is 0 Å². The monoisotopic (exact) mass is 598 g/mol. The van der Waals surface area contributed by atoms with Gasteiger partial charge in [0.15, 0.2) is 11.6 Å². The molecule has 2 unspecified atom stereocenters. The second kappa shape index (κ2) is 14.8. The van der Waals surface area contributed by atoms with Crippen LogP contribution in [0.4, 0.5) is 5.82 Å². The van der Waals surface area contributed by atoms with E-state index in [1.165, 1.54) is 13.8 Å². The van der Waals surface area contributed by atoms with Crippen LogP contribution in [-0.4, -0.2) is 99.5 Å². The molecular weight excluding hydrogens is 548 g/mol. The standard InChI is InChI=1S/C29H50N4O7S/c1-11-13-29(10,21(4)34)39-20(3)24(36)28(9,12-2)40-23(18-33(22(5)35)27(6,7)8)19-38-26-25(30-41-31-26)32-14-16-37-17-15-32/h20,23H,11-19H2,1-10H3/t20-,23-,28?,29?/m0/s1. The minimum absolute atomic E-state index is 0.0434. The normalized spacial score (nSPS) is 18.6.